The second kappa shape index (κ2) is 5.00. The van der Waals surface area contributed by atoms with Crippen molar-refractivity contribution < 1.29 is 13.5 Å². The molecular weight excluding hydrogens is 262 g/mol. The zero-order valence-corrected chi connectivity index (χ0v) is 10.9. The third-order valence-electron chi connectivity index (χ3n) is 3.13. The summed E-state index contributed by atoms with van der Waals surface area (Å²) < 4.78 is 32.3. The summed E-state index contributed by atoms with van der Waals surface area (Å²) >= 11 is 0. The van der Waals surface area contributed by atoms with Gasteiger partial charge in [-0.2, -0.15) is 4.98 Å². The van der Waals surface area contributed by atoms with Crippen LogP contribution in [0.5, 0.6) is 5.88 Å². The molecule has 0 unspecified atom stereocenters. The van der Waals surface area contributed by atoms with E-state index in [1.54, 1.807) is 0 Å². The molecule has 5 heteroatoms. The van der Waals surface area contributed by atoms with Gasteiger partial charge in [0.05, 0.1) is 18.0 Å². The minimum Gasteiger partial charge on any atom is -0.480 e. The number of fused-ring (bicyclic) bond motifs is 1. The molecule has 0 saturated carbocycles. The number of aromatic nitrogens is 2. The fourth-order valence-electron chi connectivity index (χ4n) is 2.21. The van der Waals surface area contributed by atoms with Crippen molar-refractivity contribution >= 4 is 16.5 Å². The second-order valence-electron chi connectivity index (χ2n) is 4.48. The Hall–Kier alpha value is -2.30. The monoisotopic (exact) mass is 274 g/mol. The average molecular weight is 274 g/mol. The first-order chi connectivity index (χ1) is 9.69. The van der Waals surface area contributed by atoms with E-state index in [0.717, 1.165) is 24.5 Å². The molecule has 1 heterocycles. The SMILES string of the molecule is COc1nc(C2=CCCC=C2)nc2cc(F)cc(F)c12. The maximum atomic E-state index is 13.8. The first-order valence-electron chi connectivity index (χ1n) is 6.27. The largest absolute Gasteiger partial charge is 0.480 e. The highest BCUT2D eigenvalue weighted by atomic mass is 19.1. The third-order valence-corrected chi connectivity index (χ3v) is 3.13. The molecule has 1 aliphatic carbocycles. The molecule has 0 bridgehead atoms. The molecule has 0 amide bonds. The molecule has 0 aliphatic heterocycles. The average Bonchev–Trinajstić information content (AvgIpc) is 2.46. The van der Waals surface area contributed by atoms with Gasteiger partial charge in [0.15, 0.2) is 5.82 Å². The standard InChI is InChI=1S/C15H12F2N2O/c1-20-15-13-11(17)7-10(16)8-12(13)18-14(19-15)9-5-3-2-4-6-9/h3,5-8H,2,4H2,1H3. The molecule has 0 saturated heterocycles. The fraction of sp³-hybridized carbons (Fsp3) is 0.200. The lowest BCUT2D eigenvalue weighted by molar-refractivity contribution is 0.400. The summed E-state index contributed by atoms with van der Waals surface area (Å²) in [5, 5.41) is 0.0954. The molecular formula is C15H12F2N2O. The number of methoxy groups -OCH3 is 1. The lowest BCUT2D eigenvalue weighted by Gasteiger charge is -2.10. The summed E-state index contributed by atoms with van der Waals surface area (Å²) in [5.41, 5.74) is 1.03. The van der Waals surface area contributed by atoms with E-state index < -0.39 is 11.6 Å². The van der Waals surface area contributed by atoms with E-state index >= 15 is 0 Å². The Balaban J connectivity index is 2.26. The molecule has 3 rings (SSSR count). The van der Waals surface area contributed by atoms with Gasteiger partial charge in [-0.05, 0) is 12.8 Å². The Morgan fingerprint density at radius 1 is 1.15 bits per heavy atom. The second-order valence-corrected chi connectivity index (χ2v) is 4.48. The van der Waals surface area contributed by atoms with Crippen LogP contribution < -0.4 is 4.74 Å². The number of allylic oxidation sites excluding steroid dienone is 4. The molecule has 3 nitrogen and oxygen atoms in total. The summed E-state index contributed by atoms with van der Waals surface area (Å²) in [6.07, 6.45) is 7.78. The minimum absolute atomic E-state index is 0.0954. The summed E-state index contributed by atoms with van der Waals surface area (Å²) in [6, 6.07) is 1.98. The van der Waals surface area contributed by atoms with Crippen LogP contribution in [0.4, 0.5) is 8.78 Å². The van der Waals surface area contributed by atoms with Gasteiger partial charge in [0.1, 0.15) is 11.6 Å². The number of hydrogen-bond acceptors (Lipinski definition) is 3. The van der Waals surface area contributed by atoms with E-state index in [4.69, 9.17) is 4.74 Å². The number of rotatable bonds is 2. The van der Waals surface area contributed by atoms with E-state index in [9.17, 15) is 8.78 Å². The van der Waals surface area contributed by atoms with Gasteiger partial charge in [0.2, 0.25) is 5.88 Å². The molecule has 2 aromatic rings. The van der Waals surface area contributed by atoms with E-state index in [1.807, 2.05) is 18.2 Å². The highest BCUT2D eigenvalue weighted by Crippen LogP contribution is 2.29. The van der Waals surface area contributed by atoms with Crippen molar-refractivity contribution in [2.45, 2.75) is 12.8 Å². The van der Waals surface area contributed by atoms with Crippen molar-refractivity contribution in [3.05, 3.63) is 47.8 Å². The lowest BCUT2D eigenvalue weighted by atomic mass is 10.1. The van der Waals surface area contributed by atoms with Gasteiger partial charge in [0.25, 0.3) is 0 Å². The van der Waals surface area contributed by atoms with Crippen LogP contribution in [0.1, 0.15) is 18.7 Å². The number of benzene rings is 1. The van der Waals surface area contributed by atoms with Crippen LogP contribution in [0.15, 0.2) is 30.4 Å². The Bertz CT molecular complexity index is 738. The van der Waals surface area contributed by atoms with E-state index in [1.165, 1.54) is 13.2 Å². The zero-order chi connectivity index (χ0) is 14.1. The van der Waals surface area contributed by atoms with Gasteiger partial charge in [-0.15, -0.1) is 0 Å². The van der Waals surface area contributed by atoms with Crippen LogP contribution in [0.2, 0.25) is 0 Å². The molecule has 0 N–H and O–H groups in total. The van der Waals surface area contributed by atoms with Crippen molar-refractivity contribution in [2.24, 2.45) is 0 Å². The number of halogens is 2. The van der Waals surface area contributed by atoms with E-state index in [-0.39, 0.29) is 16.8 Å². The Labute approximate surface area is 114 Å². The van der Waals surface area contributed by atoms with Gasteiger partial charge in [-0.3, -0.25) is 0 Å². The highest BCUT2D eigenvalue weighted by molar-refractivity contribution is 5.86. The van der Waals surface area contributed by atoms with E-state index in [2.05, 4.69) is 9.97 Å². The molecule has 0 fully saturated rings. The van der Waals surface area contributed by atoms with E-state index in [0.29, 0.717) is 5.82 Å². The van der Waals surface area contributed by atoms with Crippen LogP contribution in [0.25, 0.3) is 16.5 Å². The number of nitrogens with zero attached hydrogens (tertiary/aromatic N) is 2. The minimum atomic E-state index is -0.725. The summed E-state index contributed by atoms with van der Waals surface area (Å²) in [6.45, 7) is 0. The van der Waals surface area contributed by atoms with Crippen molar-refractivity contribution in [1.82, 2.24) is 9.97 Å². The first-order valence-corrected chi connectivity index (χ1v) is 6.27. The van der Waals surface area contributed by atoms with Crippen LogP contribution in [-0.4, -0.2) is 17.1 Å². The topological polar surface area (TPSA) is 35.0 Å². The molecule has 1 aliphatic rings. The summed E-state index contributed by atoms with van der Waals surface area (Å²) in [4.78, 5) is 8.46. The van der Waals surface area contributed by atoms with Crippen molar-refractivity contribution in [2.75, 3.05) is 7.11 Å². The fourth-order valence-corrected chi connectivity index (χ4v) is 2.21. The molecule has 1 aromatic heterocycles. The molecule has 20 heavy (non-hydrogen) atoms. The van der Waals surface area contributed by atoms with Crippen LogP contribution in [0.3, 0.4) is 0 Å². The molecule has 0 radical (unpaired) electrons. The van der Waals surface area contributed by atoms with Crippen molar-refractivity contribution in [1.29, 1.82) is 0 Å². The highest BCUT2D eigenvalue weighted by Gasteiger charge is 2.16. The summed E-state index contributed by atoms with van der Waals surface area (Å²) in [5.74, 6) is -0.871. The Morgan fingerprint density at radius 2 is 2.00 bits per heavy atom. The number of ether oxygens (including phenoxy) is 1. The quantitative estimate of drug-likeness (QED) is 0.838. The van der Waals surface area contributed by atoms with Gasteiger partial charge < -0.3 is 4.74 Å². The van der Waals surface area contributed by atoms with Gasteiger partial charge in [-0.1, -0.05) is 18.2 Å². The smallest absolute Gasteiger partial charge is 0.227 e. The molecule has 102 valence electrons. The zero-order valence-electron chi connectivity index (χ0n) is 10.9. The molecule has 0 spiro atoms. The van der Waals surface area contributed by atoms with Crippen LogP contribution >= 0.6 is 0 Å². The predicted molar refractivity (Wildman–Crippen MR) is 72.4 cm³/mol. The first kappa shape index (κ1) is 12.7. The van der Waals surface area contributed by atoms with Crippen LogP contribution in [0, 0.1) is 11.6 Å². The molecule has 1 aromatic carbocycles. The predicted octanol–water partition coefficient (Wildman–Crippen LogP) is 3.65. The van der Waals surface area contributed by atoms with Crippen LogP contribution in [-0.2, 0) is 0 Å². The van der Waals surface area contributed by atoms with Crippen molar-refractivity contribution in [3.63, 3.8) is 0 Å². The summed E-state index contributed by atoms with van der Waals surface area (Å²) in [7, 11) is 1.40. The van der Waals surface area contributed by atoms with Gasteiger partial charge in [0, 0.05) is 17.7 Å². The number of hydrogen-bond donors (Lipinski definition) is 0. The Kier molecular flexibility index (Phi) is 3.18. The maximum absolute atomic E-state index is 13.8. The third kappa shape index (κ3) is 2.15. The van der Waals surface area contributed by atoms with Crippen molar-refractivity contribution in [3.8, 4) is 5.88 Å². The molecule has 0 atom stereocenters. The maximum Gasteiger partial charge on any atom is 0.227 e. The van der Waals surface area contributed by atoms with Gasteiger partial charge in [-0.25, -0.2) is 13.8 Å². The van der Waals surface area contributed by atoms with Gasteiger partial charge >= 0.3 is 0 Å². The lowest BCUT2D eigenvalue weighted by Crippen LogP contribution is -2.01. The Morgan fingerprint density at radius 3 is 2.70 bits per heavy atom. The normalized spacial score (nSPS) is 14.4.